The second-order valence-corrected chi connectivity index (χ2v) is 16.6. The predicted molar refractivity (Wildman–Crippen MR) is 201 cm³/mol. The quantitative estimate of drug-likeness (QED) is 0.0405. The van der Waals surface area contributed by atoms with Gasteiger partial charge in [0.25, 0.3) is 0 Å². The van der Waals surface area contributed by atoms with Crippen molar-refractivity contribution in [3.05, 3.63) is 28.8 Å². The Kier molecular flexibility index (Phi) is 23.0. The Bertz CT molecular complexity index is 1270. The van der Waals surface area contributed by atoms with E-state index in [1.807, 2.05) is 13.8 Å². The Hall–Kier alpha value is -2.66. The number of aryl methyl sites for hydroxylation is 1. The highest BCUT2D eigenvalue weighted by atomic mass is 32.2. The van der Waals surface area contributed by atoms with Crippen LogP contribution in [0, 0.1) is 12.8 Å². The summed E-state index contributed by atoms with van der Waals surface area (Å²) in [6.07, 6.45) is 20.5. The van der Waals surface area contributed by atoms with E-state index in [0.29, 0.717) is 18.4 Å². The third-order valence-electron chi connectivity index (χ3n) is 8.86. The highest BCUT2D eigenvalue weighted by molar-refractivity contribution is 7.86. The molecule has 0 aromatic heterocycles. The summed E-state index contributed by atoms with van der Waals surface area (Å²) in [6, 6.07) is 1.66. The first-order valence-electron chi connectivity index (χ1n) is 19.5. The predicted octanol–water partition coefficient (Wildman–Crippen LogP) is 10.4. The summed E-state index contributed by atoms with van der Waals surface area (Å²) in [4.78, 5) is 42.1. The Morgan fingerprint density at radius 2 is 1.24 bits per heavy atom. The van der Waals surface area contributed by atoms with Gasteiger partial charge in [-0.15, -0.1) is 0 Å². The lowest BCUT2D eigenvalue weighted by Crippen LogP contribution is -2.47. The lowest BCUT2D eigenvalue weighted by Gasteiger charge is -2.24. The van der Waals surface area contributed by atoms with E-state index in [1.165, 1.54) is 89.2 Å². The van der Waals surface area contributed by atoms with Gasteiger partial charge in [0.1, 0.15) is 18.2 Å². The molecule has 0 aliphatic heterocycles. The standard InChI is InChI=1S/C40H69NO9S/c1-9-11-13-14-15-16-17-18-19-20-21-22-23-24-25-27-36(42)47-30-34-29-35(28-33(32(34)5)26-12-10-2)51(45,46)50-49-38(43)37(31(3)4)41-39(44)48-40(6,7)8/h28-29,31,37H,9-27,30H2,1-8H3,(H,41,44)/t37-/m0/s1. The number of hydrogen-bond acceptors (Lipinski definition) is 9. The summed E-state index contributed by atoms with van der Waals surface area (Å²) >= 11 is 0. The van der Waals surface area contributed by atoms with Crippen LogP contribution in [0.2, 0.25) is 0 Å². The van der Waals surface area contributed by atoms with Crippen molar-refractivity contribution in [2.45, 2.75) is 201 Å². The first-order valence-corrected chi connectivity index (χ1v) is 20.9. The minimum atomic E-state index is -4.56. The SMILES string of the molecule is CCCCCCCCCCCCCCCCCC(=O)OCc1cc(S(=O)(=O)OOC(=O)[C@@H](NC(=O)OC(C)(C)C)C(C)C)cc(CCCC)c1C. The van der Waals surface area contributed by atoms with Gasteiger partial charge in [0.2, 0.25) is 0 Å². The van der Waals surface area contributed by atoms with Crippen molar-refractivity contribution in [2.75, 3.05) is 0 Å². The number of unbranched alkanes of at least 4 members (excludes halogenated alkanes) is 15. The zero-order valence-electron chi connectivity index (χ0n) is 33.0. The summed E-state index contributed by atoms with van der Waals surface area (Å²) in [5, 5.41) is 2.41. The molecule has 0 saturated heterocycles. The number of rotatable bonds is 27. The van der Waals surface area contributed by atoms with Crippen LogP contribution in [0.1, 0.15) is 181 Å². The molecule has 1 N–H and O–H groups in total. The molecule has 0 aliphatic carbocycles. The smallest absolute Gasteiger partial charge is 0.408 e. The van der Waals surface area contributed by atoms with Crippen LogP contribution >= 0.6 is 0 Å². The van der Waals surface area contributed by atoms with E-state index in [0.717, 1.165) is 43.2 Å². The van der Waals surface area contributed by atoms with Gasteiger partial charge in [0, 0.05) is 6.42 Å². The summed E-state index contributed by atoms with van der Waals surface area (Å²) in [5.74, 6) is -1.87. The molecule has 1 amide bonds. The van der Waals surface area contributed by atoms with E-state index in [2.05, 4.69) is 12.2 Å². The molecule has 0 saturated carbocycles. The Morgan fingerprint density at radius 3 is 1.73 bits per heavy atom. The average molecular weight is 740 g/mol. The van der Waals surface area contributed by atoms with Gasteiger partial charge in [-0.3, -0.25) is 9.68 Å². The Morgan fingerprint density at radius 1 is 0.745 bits per heavy atom. The second kappa shape index (κ2) is 25.3. The lowest BCUT2D eigenvalue weighted by atomic mass is 9.98. The minimum Gasteiger partial charge on any atom is -0.461 e. The van der Waals surface area contributed by atoms with E-state index in [1.54, 1.807) is 34.6 Å². The van der Waals surface area contributed by atoms with Crippen molar-refractivity contribution in [3.63, 3.8) is 0 Å². The highest BCUT2D eigenvalue weighted by Gasteiger charge is 2.31. The van der Waals surface area contributed by atoms with Crippen LogP contribution in [-0.4, -0.2) is 38.1 Å². The van der Waals surface area contributed by atoms with Gasteiger partial charge < -0.3 is 14.8 Å². The lowest BCUT2D eigenvalue weighted by molar-refractivity contribution is -0.214. The van der Waals surface area contributed by atoms with E-state index in [9.17, 15) is 22.8 Å². The fourth-order valence-electron chi connectivity index (χ4n) is 5.70. The van der Waals surface area contributed by atoms with Crippen molar-refractivity contribution < 1.29 is 41.5 Å². The fourth-order valence-corrected chi connectivity index (χ4v) is 6.51. The normalized spacial score (nSPS) is 12.5. The largest absolute Gasteiger partial charge is 0.461 e. The van der Waals surface area contributed by atoms with Crippen molar-refractivity contribution in [1.29, 1.82) is 0 Å². The van der Waals surface area contributed by atoms with E-state index in [-0.39, 0.29) is 17.5 Å². The first kappa shape index (κ1) is 46.4. The maximum atomic E-state index is 13.2. The van der Waals surface area contributed by atoms with Crippen LogP contribution < -0.4 is 5.32 Å². The number of hydrogen-bond donors (Lipinski definition) is 1. The maximum absolute atomic E-state index is 13.2. The Balaban J connectivity index is 2.63. The molecule has 1 rings (SSSR count). The summed E-state index contributed by atoms with van der Waals surface area (Å²) in [5.41, 5.74) is 1.34. The van der Waals surface area contributed by atoms with Gasteiger partial charge >= 0.3 is 28.1 Å². The molecule has 0 bridgehead atoms. The number of amides is 1. The van der Waals surface area contributed by atoms with Crippen LogP contribution in [0.15, 0.2) is 17.0 Å². The van der Waals surface area contributed by atoms with E-state index < -0.39 is 39.7 Å². The number of alkyl carbamates (subject to hydrolysis) is 1. The molecule has 1 aromatic rings. The topological polar surface area (TPSA) is 134 Å². The van der Waals surface area contributed by atoms with Crippen LogP contribution in [0.5, 0.6) is 0 Å². The monoisotopic (exact) mass is 739 g/mol. The molecule has 1 aromatic carbocycles. The van der Waals surface area contributed by atoms with Crippen molar-refractivity contribution in [1.82, 2.24) is 5.32 Å². The molecule has 294 valence electrons. The number of benzene rings is 1. The van der Waals surface area contributed by atoms with Gasteiger partial charge in [-0.25, -0.2) is 9.59 Å². The van der Waals surface area contributed by atoms with Crippen LogP contribution in [0.4, 0.5) is 4.79 Å². The fraction of sp³-hybridized carbons (Fsp3) is 0.775. The van der Waals surface area contributed by atoms with Crippen LogP contribution in [0.25, 0.3) is 0 Å². The Labute approximate surface area is 309 Å². The molecular weight excluding hydrogens is 671 g/mol. The molecule has 0 aliphatic rings. The number of esters is 1. The molecule has 51 heavy (non-hydrogen) atoms. The molecule has 0 spiro atoms. The number of nitrogens with one attached hydrogen (secondary N) is 1. The molecule has 0 radical (unpaired) electrons. The summed E-state index contributed by atoms with van der Waals surface area (Å²) in [6.45, 7) is 14.4. The minimum absolute atomic E-state index is 0.0824. The maximum Gasteiger partial charge on any atom is 0.408 e. The number of ether oxygens (including phenoxy) is 2. The molecule has 1 atom stereocenters. The van der Waals surface area contributed by atoms with Gasteiger partial charge in [0.05, 0.1) is 4.90 Å². The van der Waals surface area contributed by atoms with Gasteiger partial charge in [0.15, 0.2) is 0 Å². The molecule has 0 unspecified atom stereocenters. The number of carbonyl (C=O) groups excluding carboxylic acids is 3. The molecule has 11 heteroatoms. The van der Waals surface area contributed by atoms with Gasteiger partial charge in [-0.1, -0.05) is 124 Å². The van der Waals surface area contributed by atoms with Crippen molar-refractivity contribution in [2.24, 2.45) is 5.92 Å². The molecular formula is C40H69NO9S. The van der Waals surface area contributed by atoms with E-state index >= 15 is 0 Å². The summed E-state index contributed by atoms with van der Waals surface area (Å²) in [7, 11) is -4.56. The number of carbonyl (C=O) groups is 3. The van der Waals surface area contributed by atoms with Gasteiger partial charge in [-0.05, 0) is 86.0 Å². The average Bonchev–Trinajstić information content (AvgIpc) is 3.05. The molecule has 10 nitrogen and oxygen atoms in total. The highest BCUT2D eigenvalue weighted by Crippen LogP contribution is 2.25. The van der Waals surface area contributed by atoms with Gasteiger partial charge in [-0.2, -0.15) is 8.42 Å². The van der Waals surface area contributed by atoms with Crippen molar-refractivity contribution >= 4 is 28.1 Å². The van der Waals surface area contributed by atoms with Crippen molar-refractivity contribution in [3.8, 4) is 0 Å². The van der Waals surface area contributed by atoms with E-state index in [4.69, 9.17) is 18.7 Å². The third kappa shape index (κ3) is 20.8. The second-order valence-electron chi connectivity index (χ2n) is 15.1. The zero-order valence-corrected chi connectivity index (χ0v) is 33.9. The third-order valence-corrected chi connectivity index (χ3v) is 9.92. The van der Waals surface area contributed by atoms with Crippen LogP contribution in [-0.2, 0) is 51.4 Å². The molecule has 0 fully saturated rings. The summed E-state index contributed by atoms with van der Waals surface area (Å²) < 4.78 is 41.9. The van der Waals surface area contributed by atoms with Crippen LogP contribution in [0.3, 0.4) is 0 Å². The first-order chi connectivity index (χ1) is 24.1. The zero-order chi connectivity index (χ0) is 38.3. The molecule has 0 heterocycles.